The number of nitrogens with zero attached hydrogens (tertiary/aromatic N) is 2. The van der Waals surface area contributed by atoms with Crippen molar-refractivity contribution in [2.24, 2.45) is 0 Å². The molecule has 0 spiro atoms. The monoisotopic (exact) mass is 289 g/mol. The molecule has 2 aromatic rings. The fraction of sp³-hybridized carbons (Fsp3) is 0.214. The van der Waals surface area contributed by atoms with E-state index in [9.17, 15) is 14.0 Å². The van der Waals surface area contributed by atoms with Gasteiger partial charge < -0.3 is 4.74 Å². The topological polar surface area (TPSA) is 87.9 Å². The van der Waals surface area contributed by atoms with Crippen molar-refractivity contribution in [3.63, 3.8) is 0 Å². The van der Waals surface area contributed by atoms with Crippen molar-refractivity contribution in [3.8, 4) is 11.8 Å². The molecule has 0 unspecified atom stereocenters. The van der Waals surface area contributed by atoms with Crippen LogP contribution in [-0.4, -0.2) is 16.2 Å². The Hall–Kier alpha value is -2.88. The van der Waals surface area contributed by atoms with Gasteiger partial charge in [-0.1, -0.05) is 12.1 Å². The van der Waals surface area contributed by atoms with Crippen molar-refractivity contribution >= 4 is 0 Å². The van der Waals surface area contributed by atoms with E-state index in [1.54, 1.807) is 24.3 Å². The molecule has 0 saturated heterocycles. The second-order valence-electron chi connectivity index (χ2n) is 4.24. The molecule has 0 atom stereocenters. The molecular formula is C14H12FN3O3. The zero-order valence-corrected chi connectivity index (χ0v) is 11.0. The van der Waals surface area contributed by atoms with Gasteiger partial charge in [-0.05, 0) is 18.6 Å². The SMILES string of the molecule is N#Cc1ccccc1OCCCn1cc(F)c(=O)[nH]c1=O. The Morgan fingerprint density at radius 3 is 2.86 bits per heavy atom. The van der Waals surface area contributed by atoms with E-state index in [0.29, 0.717) is 17.7 Å². The summed E-state index contributed by atoms with van der Waals surface area (Å²) in [4.78, 5) is 24.2. The van der Waals surface area contributed by atoms with Crippen molar-refractivity contribution in [3.05, 3.63) is 62.7 Å². The van der Waals surface area contributed by atoms with Crippen molar-refractivity contribution in [1.29, 1.82) is 5.26 Å². The molecule has 1 heterocycles. The van der Waals surface area contributed by atoms with Gasteiger partial charge in [0.05, 0.1) is 18.4 Å². The van der Waals surface area contributed by atoms with Gasteiger partial charge in [-0.25, -0.2) is 4.79 Å². The number of nitrogens with one attached hydrogen (secondary N) is 1. The van der Waals surface area contributed by atoms with Crippen molar-refractivity contribution < 1.29 is 9.13 Å². The van der Waals surface area contributed by atoms with Gasteiger partial charge >= 0.3 is 5.69 Å². The van der Waals surface area contributed by atoms with Crippen LogP contribution < -0.4 is 16.0 Å². The van der Waals surface area contributed by atoms with Gasteiger partial charge in [0.15, 0.2) is 0 Å². The van der Waals surface area contributed by atoms with E-state index < -0.39 is 17.1 Å². The second kappa shape index (κ2) is 6.52. The van der Waals surface area contributed by atoms with Crippen LogP contribution in [0.3, 0.4) is 0 Å². The van der Waals surface area contributed by atoms with Gasteiger partial charge in [-0.3, -0.25) is 14.3 Å². The summed E-state index contributed by atoms with van der Waals surface area (Å²) >= 11 is 0. The lowest BCUT2D eigenvalue weighted by atomic mass is 10.2. The van der Waals surface area contributed by atoms with Crippen molar-refractivity contribution in [2.75, 3.05) is 6.61 Å². The third-order valence-corrected chi connectivity index (χ3v) is 2.78. The zero-order chi connectivity index (χ0) is 15.2. The first-order valence-corrected chi connectivity index (χ1v) is 6.23. The summed E-state index contributed by atoms with van der Waals surface area (Å²) in [7, 11) is 0. The van der Waals surface area contributed by atoms with Crippen LogP contribution in [0.2, 0.25) is 0 Å². The van der Waals surface area contributed by atoms with E-state index in [-0.39, 0.29) is 13.2 Å². The molecule has 0 aliphatic carbocycles. The Kier molecular flexibility index (Phi) is 4.51. The molecule has 7 heteroatoms. The third kappa shape index (κ3) is 3.57. The quantitative estimate of drug-likeness (QED) is 0.832. The Balaban J connectivity index is 1.94. The summed E-state index contributed by atoms with van der Waals surface area (Å²) in [5.41, 5.74) is -1.28. The van der Waals surface area contributed by atoms with Gasteiger partial charge in [0.25, 0.3) is 5.56 Å². The minimum Gasteiger partial charge on any atom is -0.492 e. The van der Waals surface area contributed by atoms with Crippen LogP contribution >= 0.6 is 0 Å². The fourth-order valence-corrected chi connectivity index (χ4v) is 1.75. The number of rotatable bonds is 5. The molecule has 0 aliphatic rings. The summed E-state index contributed by atoms with van der Waals surface area (Å²) < 4.78 is 19.6. The average Bonchev–Trinajstić information content (AvgIpc) is 2.49. The third-order valence-electron chi connectivity index (χ3n) is 2.78. The Bertz CT molecular complexity index is 789. The first-order chi connectivity index (χ1) is 10.1. The van der Waals surface area contributed by atoms with Gasteiger partial charge in [0.2, 0.25) is 5.82 Å². The molecule has 0 fully saturated rings. The summed E-state index contributed by atoms with van der Waals surface area (Å²) in [5.74, 6) is -0.551. The molecule has 21 heavy (non-hydrogen) atoms. The zero-order valence-electron chi connectivity index (χ0n) is 11.0. The Morgan fingerprint density at radius 1 is 1.33 bits per heavy atom. The second-order valence-corrected chi connectivity index (χ2v) is 4.24. The Morgan fingerprint density at radius 2 is 2.10 bits per heavy atom. The highest BCUT2D eigenvalue weighted by Gasteiger charge is 2.04. The summed E-state index contributed by atoms with van der Waals surface area (Å²) in [6.07, 6.45) is 1.29. The van der Waals surface area contributed by atoms with Crippen LogP contribution in [0, 0.1) is 17.1 Å². The average molecular weight is 289 g/mol. The molecule has 6 nitrogen and oxygen atoms in total. The maximum atomic E-state index is 13.1. The molecular weight excluding hydrogens is 277 g/mol. The molecule has 108 valence electrons. The lowest BCUT2D eigenvalue weighted by molar-refractivity contribution is 0.299. The first-order valence-electron chi connectivity index (χ1n) is 6.23. The number of halogens is 1. The van der Waals surface area contributed by atoms with Gasteiger partial charge in [0.1, 0.15) is 11.8 Å². The lowest BCUT2D eigenvalue weighted by Gasteiger charge is -2.08. The highest BCUT2D eigenvalue weighted by Crippen LogP contribution is 2.16. The van der Waals surface area contributed by atoms with Crippen LogP contribution in [0.25, 0.3) is 0 Å². The van der Waals surface area contributed by atoms with E-state index in [0.717, 1.165) is 10.8 Å². The first kappa shape index (κ1) is 14.5. The number of ether oxygens (including phenoxy) is 1. The Labute approximate surface area is 119 Å². The fourth-order valence-electron chi connectivity index (χ4n) is 1.75. The molecule has 2 rings (SSSR count). The minimum atomic E-state index is -1.03. The number of benzene rings is 1. The molecule has 0 aliphatic heterocycles. The van der Waals surface area contributed by atoms with Crippen LogP contribution in [-0.2, 0) is 6.54 Å². The summed E-state index contributed by atoms with van der Waals surface area (Å²) in [5, 5.41) is 8.90. The van der Waals surface area contributed by atoms with Crippen molar-refractivity contribution in [2.45, 2.75) is 13.0 Å². The number of aromatic nitrogens is 2. The molecule has 0 bridgehead atoms. The normalized spacial score (nSPS) is 10.1. The molecule has 1 aromatic carbocycles. The number of aromatic amines is 1. The molecule has 0 amide bonds. The van der Waals surface area contributed by atoms with Gasteiger partial charge in [-0.15, -0.1) is 0 Å². The van der Waals surface area contributed by atoms with Crippen LogP contribution in [0.1, 0.15) is 12.0 Å². The van der Waals surface area contributed by atoms with Gasteiger partial charge in [-0.2, -0.15) is 9.65 Å². The van der Waals surface area contributed by atoms with E-state index in [4.69, 9.17) is 10.00 Å². The van der Waals surface area contributed by atoms with Crippen LogP contribution in [0.5, 0.6) is 5.75 Å². The summed E-state index contributed by atoms with van der Waals surface area (Å²) in [6.45, 7) is 0.452. The maximum absolute atomic E-state index is 13.1. The lowest BCUT2D eigenvalue weighted by Crippen LogP contribution is -2.31. The number of aryl methyl sites for hydroxylation is 1. The van der Waals surface area contributed by atoms with E-state index in [1.807, 2.05) is 11.1 Å². The number of hydrogen-bond donors (Lipinski definition) is 1. The highest BCUT2D eigenvalue weighted by molar-refractivity contribution is 5.42. The number of nitriles is 1. The minimum absolute atomic E-state index is 0.196. The van der Waals surface area contributed by atoms with Crippen LogP contribution in [0.15, 0.2) is 40.1 Å². The molecule has 0 radical (unpaired) electrons. The van der Waals surface area contributed by atoms with Gasteiger partial charge in [0, 0.05) is 6.54 Å². The molecule has 0 saturated carbocycles. The number of H-pyrrole nitrogens is 1. The summed E-state index contributed by atoms with van der Waals surface area (Å²) in [6, 6.07) is 8.79. The van der Waals surface area contributed by atoms with E-state index in [2.05, 4.69) is 0 Å². The standard InChI is InChI=1S/C14H12FN3O3/c15-11-9-18(14(20)17-13(11)19)6-3-7-21-12-5-2-1-4-10(12)8-16/h1-2,4-5,9H,3,6-7H2,(H,17,19,20). The smallest absolute Gasteiger partial charge is 0.328 e. The van der Waals surface area contributed by atoms with Crippen LogP contribution in [0.4, 0.5) is 4.39 Å². The molecule has 1 N–H and O–H groups in total. The number of hydrogen-bond acceptors (Lipinski definition) is 4. The maximum Gasteiger partial charge on any atom is 0.328 e. The van der Waals surface area contributed by atoms with E-state index >= 15 is 0 Å². The number of para-hydroxylation sites is 1. The predicted molar refractivity (Wildman–Crippen MR) is 72.5 cm³/mol. The predicted octanol–water partition coefficient (Wildman–Crippen LogP) is 1.02. The van der Waals surface area contributed by atoms with Crippen molar-refractivity contribution in [1.82, 2.24) is 9.55 Å². The largest absolute Gasteiger partial charge is 0.492 e. The van der Waals surface area contributed by atoms with E-state index in [1.165, 1.54) is 0 Å². The highest BCUT2D eigenvalue weighted by atomic mass is 19.1. The molecule has 1 aromatic heterocycles.